The maximum absolute atomic E-state index is 5.52. The molecule has 0 saturated carbocycles. The van der Waals surface area contributed by atoms with Gasteiger partial charge in [0.25, 0.3) is 0 Å². The van der Waals surface area contributed by atoms with Crippen LogP contribution in [0.4, 0.5) is 17.3 Å². The van der Waals surface area contributed by atoms with E-state index >= 15 is 0 Å². The second-order valence-corrected chi connectivity index (χ2v) is 8.76. The van der Waals surface area contributed by atoms with Gasteiger partial charge in [0.2, 0.25) is 12.7 Å². The van der Waals surface area contributed by atoms with E-state index in [1.165, 1.54) is 11.3 Å². The minimum Gasteiger partial charge on any atom is -0.454 e. The molecule has 0 radical (unpaired) electrons. The van der Waals surface area contributed by atoms with Crippen LogP contribution in [0.2, 0.25) is 0 Å². The Morgan fingerprint density at radius 1 is 0.800 bits per heavy atom. The van der Waals surface area contributed by atoms with Crippen molar-refractivity contribution in [1.82, 2.24) is 14.9 Å². The highest BCUT2D eigenvalue weighted by Gasteiger charge is 2.19. The van der Waals surface area contributed by atoms with Crippen molar-refractivity contribution >= 4 is 17.3 Å². The molecule has 3 heterocycles. The van der Waals surface area contributed by atoms with E-state index in [2.05, 4.69) is 68.6 Å². The molecule has 35 heavy (non-hydrogen) atoms. The topological polar surface area (TPSA) is 62.8 Å². The number of rotatable bonds is 6. The van der Waals surface area contributed by atoms with Crippen LogP contribution in [0, 0.1) is 0 Å². The Morgan fingerprint density at radius 3 is 2.54 bits per heavy atom. The lowest BCUT2D eigenvalue weighted by Crippen LogP contribution is -2.45. The molecule has 7 nitrogen and oxygen atoms in total. The maximum atomic E-state index is 5.52. The zero-order chi connectivity index (χ0) is 23.5. The van der Waals surface area contributed by atoms with Crippen molar-refractivity contribution in [3.8, 4) is 22.8 Å². The maximum Gasteiger partial charge on any atom is 0.231 e. The molecule has 0 spiro atoms. The predicted octanol–water partition coefficient (Wildman–Crippen LogP) is 4.94. The summed E-state index contributed by atoms with van der Waals surface area (Å²) in [5, 5.41) is 3.37. The molecule has 7 heteroatoms. The summed E-state index contributed by atoms with van der Waals surface area (Å²) in [5.41, 5.74) is 5.42. The average molecular weight is 466 g/mol. The third-order valence-corrected chi connectivity index (χ3v) is 6.41. The van der Waals surface area contributed by atoms with Gasteiger partial charge in [0.15, 0.2) is 11.5 Å². The number of piperazine rings is 1. The Kier molecular flexibility index (Phi) is 5.90. The minimum atomic E-state index is 0.315. The largest absolute Gasteiger partial charge is 0.454 e. The lowest BCUT2D eigenvalue weighted by atomic mass is 10.1. The molecule has 176 valence electrons. The second kappa shape index (κ2) is 9.64. The van der Waals surface area contributed by atoms with E-state index in [0.29, 0.717) is 12.7 Å². The van der Waals surface area contributed by atoms with Gasteiger partial charge in [0, 0.05) is 55.9 Å². The fourth-order valence-corrected chi connectivity index (χ4v) is 4.56. The number of fused-ring (bicyclic) bond motifs is 1. The molecule has 0 unspecified atom stereocenters. The first-order chi connectivity index (χ1) is 17.3. The fraction of sp³-hybridized carbons (Fsp3) is 0.214. The van der Waals surface area contributed by atoms with Gasteiger partial charge in [-0.05, 0) is 42.0 Å². The smallest absolute Gasteiger partial charge is 0.231 e. The van der Waals surface area contributed by atoms with Crippen LogP contribution in [-0.4, -0.2) is 47.8 Å². The normalized spacial score (nSPS) is 15.3. The van der Waals surface area contributed by atoms with Crippen LogP contribution in [0.15, 0.2) is 85.1 Å². The third-order valence-electron chi connectivity index (χ3n) is 6.41. The molecule has 0 atom stereocenters. The summed E-state index contributed by atoms with van der Waals surface area (Å²) in [6.07, 6.45) is 1.79. The number of hydrogen-bond acceptors (Lipinski definition) is 7. The monoisotopic (exact) mass is 465 g/mol. The fourth-order valence-electron chi connectivity index (χ4n) is 4.56. The number of ether oxygens (including phenoxy) is 2. The molecule has 1 N–H and O–H groups in total. The highest BCUT2D eigenvalue weighted by atomic mass is 16.7. The number of nitrogens with zero attached hydrogens (tertiary/aromatic N) is 4. The first kappa shape index (κ1) is 21.4. The molecule has 1 saturated heterocycles. The summed E-state index contributed by atoms with van der Waals surface area (Å²) in [6.45, 7) is 5.21. The molecule has 1 fully saturated rings. The van der Waals surface area contributed by atoms with Crippen molar-refractivity contribution in [3.05, 3.63) is 90.6 Å². The van der Waals surface area contributed by atoms with Crippen molar-refractivity contribution in [3.63, 3.8) is 0 Å². The van der Waals surface area contributed by atoms with Crippen LogP contribution in [0.5, 0.6) is 11.5 Å². The number of aromatic nitrogens is 2. The van der Waals surface area contributed by atoms with Crippen LogP contribution < -0.4 is 19.7 Å². The SMILES string of the molecule is c1ccc(-c2ccnc(Nc3cccc(N4CCN(Cc5ccc6c(c5)OCO6)CC4)c3)n2)cc1. The number of hydrogen-bond donors (Lipinski definition) is 1. The molecular weight excluding hydrogens is 438 g/mol. The molecular formula is C28H27N5O2. The Labute approximate surface area is 205 Å². The van der Waals surface area contributed by atoms with Gasteiger partial charge in [0.1, 0.15) is 0 Å². The third kappa shape index (κ3) is 4.90. The van der Waals surface area contributed by atoms with E-state index in [1.807, 2.05) is 30.3 Å². The second-order valence-electron chi connectivity index (χ2n) is 8.76. The van der Waals surface area contributed by atoms with Gasteiger partial charge in [-0.1, -0.05) is 42.5 Å². The standard InChI is InChI=1S/C28H27N5O2/c1-2-5-22(6-3-1)25-11-12-29-28(31-25)30-23-7-4-8-24(18-23)33-15-13-32(14-16-33)19-21-9-10-26-27(17-21)35-20-34-26/h1-12,17-18H,13-16,19-20H2,(H,29,30,31). The quantitative estimate of drug-likeness (QED) is 0.433. The molecule has 2 aliphatic rings. The van der Waals surface area contributed by atoms with Crippen LogP contribution in [0.3, 0.4) is 0 Å². The minimum absolute atomic E-state index is 0.315. The highest BCUT2D eigenvalue weighted by Crippen LogP contribution is 2.33. The Morgan fingerprint density at radius 2 is 1.66 bits per heavy atom. The van der Waals surface area contributed by atoms with E-state index in [1.54, 1.807) is 6.20 Å². The van der Waals surface area contributed by atoms with Crippen molar-refractivity contribution < 1.29 is 9.47 Å². The van der Waals surface area contributed by atoms with Crippen LogP contribution in [-0.2, 0) is 6.54 Å². The first-order valence-electron chi connectivity index (χ1n) is 11.9. The zero-order valence-electron chi connectivity index (χ0n) is 19.4. The summed E-state index contributed by atoms with van der Waals surface area (Å²) < 4.78 is 10.9. The zero-order valence-corrected chi connectivity index (χ0v) is 19.4. The summed E-state index contributed by atoms with van der Waals surface area (Å²) in [7, 11) is 0. The Hall–Kier alpha value is -4.10. The molecule has 3 aromatic carbocycles. The lowest BCUT2D eigenvalue weighted by molar-refractivity contribution is 0.174. The summed E-state index contributed by atoms with van der Waals surface area (Å²) in [4.78, 5) is 14.0. The van der Waals surface area contributed by atoms with E-state index in [9.17, 15) is 0 Å². The van der Waals surface area contributed by atoms with Gasteiger partial charge in [-0.2, -0.15) is 0 Å². The van der Waals surface area contributed by atoms with Gasteiger partial charge >= 0.3 is 0 Å². The number of nitrogens with one attached hydrogen (secondary N) is 1. The van der Waals surface area contributed by atoms with Gasteiger partial charge in [-0.15, -0.1) is 0 Å². The number of benzene rings is 3. The average Bonchev–Trinajstić information content (AvgIpc) is 3.38. The molecule has 1 aromatic heterocycles. The predicted molar refractivity (Wildman–Crippen MR) is 137 cm³/mol. The highest BCUT2D eigenvalue weighted by molar-refractivity contribution is 5.65. The molecule has 0 aliphatic carbocycles. The van der Waals surface area contributed by atoms with Crippen LogP contribution in [0.1, 0.15) is 5.56 Å². The molecule has 6 rings (SSSR count). The summed E-state index contributed by atoms with van der Waals surface area (Å²) >= 11 is 0. The van der Waals surface area contributed by atoms with Crippen molar-refractivity contribution in [2.75, 3.05) is 43.2 Å². The van der Waals surface area contributed by atoms with E-state index in [0.717, 1.165) is 61.2 Å². The van der Waals surface area contributed by atoms with Crippen LogP contribution >= 0.6 is 0 Å². The van der Waals surface area contributed by atoms with Crippen molar-refractivity contribution in [2.45, 2.75) is 6.54 Å². The summed E-state index contributed by atoms with van der Waals surface area (Å²) in [5.74, 6) is 2.28. The summed E-state index contributed by atoms with van der Waals surface area (Å²) in [6, 6.07) is 26.8. The van der Waals surface area contributed by atoms with E-state index in [4.69, 9.17) is 14.5 Å². The first-order valence-corrected chi connectivity index (χ1v) is 11.9. The van der Waals surface area contributed by atoms with Gasteiger partial charge in [-0.25, -0.2) is 9.97 Å². The van der Waals surface area contributed by atoms with Crippen molar-refractivity contribution in [2.24, 2.45) is 0 Å². The Bertz CT molecular complexity index is 1310. The van der Waals surface area contributed by atoms with E-state index < -0.39 is 0 Å². The van der Waals surface area contributed by atoms with E-state index in [-0.39, 0.29) is 0 Å². The van der Waals surface area contributed by atoms with Gasteiger partial charge in [0.05, 0.1) is 5.69 Å². The lowest BCUT2D eigenvalue weighted by Gasteiger charge is -2.36. The molecule has 0 amide bonds. The van der Waals surface area contributed by atoms with Crippen LogP contribution in [0.25, 0.3) is 11.3 Å². The van der Waals surface area contributed by atoms with Gasteiger partial charge in [-0.3, -0.25) is 4.90 Å². The molecule has 4 aromatic rings. The Balaban J connectivity index is 1.08. The van der Waals surface area contributed by atoms with Crippen molar-refractivity contribution in [1.29, 1.82) is 0 Å². The molecule has 2 aliphatic heterocycles. The number of anilines is 3. The van der Waals surface area contributed by atoms with Gasteiger partial charge < -0.3 is 19.7 Å². The molecule has 0 bridgehead atoms.